The van der Waals surface area contributed by atoms with Gasteiger partial charge >= 0.3 is 5.69 Å². The Hall–Kier alpha value is -3.91. The molecular formula is C24H21ClN4O4. The SMILES string of the molecule is CCCn1c2c(c(=O)n(C)c1=O)C(=O)/C(=C/c1cccc(NC(=O)c3ccc(Cl)cc3)c1)N2. The molecule has 0 saturated heterocycles. The summed E-state index contributed by atoms with van der Waals surface area (Å²) in [5, 5.41) is 6.29. The zero-order valence-electron chi connectivity index (χ0n) is 18.0. The number of nitrogens with one attached hydrogen (secondary N) is 2. The molecule has 0 bridgehead atoms. The van der Waals surface area contributed by atoms with Crippen molar-refractivity contribution < 1.29 is 9.59 Å². The summed E-state index contributed by atoms with van der Waals surface area (Å²) in [5.74, 6) is -0.564. The number of hydrogen-bond acceptors (Lipinski definition) is 5. The maximum atomic E-state index is 13.0. The van der Waals surface area contributed by atoms with Crippen LogP contribution in [-0.4, -0.2) is 20.8 Å². The van der Waals surface area contributed by atoms with E-state index >= 15 is 0 Å². The lowest BCUT2D eigenvalue weighted by atomic mass is 10.1. The first-order valence-corrected chi connectivity index (χ1v) is 10.7. The van der Waals surface area contributed by atoms with Gasteiger partial charge in [-0.1, -0.05) is 30.7 Å². The highest BCUT2D eigenvalue weighted by Gasteiger charge is 2.32. The Morgan fingerprint density at radius 1 is 1.12 bits per heavy atom. The minimum Gasteiger partial charge on any atom is -0.338 e. The summed E-state index contributed by atoms with van der Waals surface area (Å²) in [5.41, 5.74) is 0.639. The molecule has 0 aliphatic carbocycles. The van der Waals surface area contributed by atoms with Gasteiger partial charge in [0, 0.05) is 29.9 Å². The maximum Gasteiger partial charge on any atom is 0.332 e. The minimum atomic E-state index is -0.632. The number of Topliss-reactive ketones (excluding diaryl/α,β-unsaturated/α-hetero) is 1. The number of hydrogen-bond donors (Lipinski definition) is 2. The summed E-state index contributed by atoms with van der Waals surface area (Å²) in [7, 11) is 1.36. The number of benzene rings is 2. The molecular weight excluding hydrogens is 444 g/mol. The third-order valence-corrected chi connectivity index (χ3v) is 5.53. The standard InChI is InChI=1S/C24H21ClN4O4/c1-3-11-29-21-19(23(32)28(2)24(29)33)20(30)18(27-21)13-14-5-4-6-17(12-14)26-22(31)15-7-9-16(25)10-8-15/h4-10,12-13,27H,3,11H2,1-2H3,(H,26,31)/b18-13-. The first-order chi connectivity index (χ1) is 15.8. The predicted molar refractivity (Wildman–Crippen MR) is 128 cm³/mol. The Labute approximate surface area is 194 Å². The van der Waals surface area contributed by atoms with Crippen molar-refractivity contribution in [3.05, 3.63) is 96.8 Å². The molecule has 2 heterocycles. The Morgan fingerprint density at radius 2 is 1.85 bits per heavy atom. The van der Waals surface area contributed by atoms with Crippen LogP contribution in [-0.2, 0) is 13.6 Å². The highest BCUT2D eigenvalue weighted by molar-refractivity contribution is 6.30. The molecule has 9 heteroatoms. The van der Waals surface area contributed by atoms with Crippen LogP contribution in [0.15, 0.2) is 63.8 Å². The summed E-state index contributed by atoms with van der Waals surface area (Å²) in [6.45, 7) is 2.27. The molecule has 168 valence electrons. The van der Waals surface area contributed by atoms with Crippen LogP contribution in [0.1, 0.15) is 39.6 Å². The van der Waals surface area contributed by atoms with Crippen LogP contribution in [0, 0.1) is 0 Å². The van der Waals surface area contributed by atoms with E-state index in [4.69, 9.17) is 11.6 Å². The number of nitrogens with zero attached hydrogens (tertiary/aromatic N) is 2. The number of carbonyl (C=O) groups is 2. The van der Waals surface area contributed by atoms with Gasteiger partial charge in [-0.05, 0) is 54.5 Å². The van der Waals surface area contributed by atoms with Crippen molar-refractivity contribution in [3.8, 4) is 0 Å². The normalized spacial score (nSPS) is 13.7. The molecule has 1 amide bonds. The maximum absolute atomic E-state index is 13.0. The van der Waals surface area contributed by atoms with Crippen molar-refractivity contribution in [3.63, 3.8) is 0 Å². The summed E-state index contributed by atoms with van der Waals surface area (Å²) >= 11 is 5.87. The van der Waals surface area contributed by atoms with Gasteiger partial charge < -0.3 is 10.6 Å². The van der Waals surface area contributed by atoms with E-state index in [0.29, 0.717) is 34.8 Å². The fraction of sp³-hybridized carbons (Fsp3) is 0.167. The fourth-order valence-corrected chi connectivity index (χ4v) is 3.76. The molecule has 4 rings (SSSR count). The summed E-state index contributed by atoms with van der Waals surface area (Å²) in [6.07, 6.45) is 2.25. The second-order valence-corrected chi connectivity index (χ2v) is 8.06. The van der Waals surface area contributed by atoms with E-state index < -0.39 is 17.0 Å². The van der Waals surface area contributed by atoms with Gasteiger partial charge in [0.05, 0.1) is 5.70 Å². The van der Waals surface area contributed by atoms with Crippen molar-refractivity contribution in [2.24, 2.45) is 7.05 Å². The Bertz CT molecular complexity index is 1420. The predicted octanol–water partition coefficient (Wildman–Crippen LogP) is 3.51. The first kappa shape index (κ1) is 22.3. The van der Waals surface area contributed by atoms with Gasteiger partial charge in [-0.2, -0.15) is 0 Å². The van der Waals surface area contributed by atoms with E-state index in [2.05, 4.69) is 10.6 Å². The largest absolute Gasteiger partial charge is 0.338 e. The van der Waals surface area contributed by atoms with E-state index in [1.54, 1.807) is 54.6 Å². The second-order valence-electron chi connectivity index (χ2n) is 7.62. The van der Waals surface area contributed by atoms with Crippen LogP contribution in [0.3, 0.4) is 0 Å². The molecule has 0 atom stereocenters. The van der Waals surface area contributed by atoms with Crippen LogP contribution >= 0.6 is 11.6 Å². The molecule has 1 aromatic heterocycles. The zero-order chi connectivity index (χ0) is 23.7. The number of aromatic nitrogens is 2. The molecule has 1 aliphatic rings. The van der Waals surface area contributed by atoms with E-state index in [-0.39, 0.29) is 23.0 Å². The molecule has 3 aromatic rings. The first-order valence-electron chi connectivity index (χ1n) is 10.3. The molecule has 0 saturated carbocycles. The minimum absolute atomic E-state index is 0.0519. The number of amides is 1. The lowest BCUT2D eigenvalue weighted by molar-refractivity contribution is 0.102. The molecule has 0 radical (unpaired) electrons. The smallest absolute Gasteiger partial charge is 0.332 e. The number of anilines is 2. The van der Waals surface area contributed by atoms with Crippen molar-refractivity contribution in [1.29, 1.82) is 0 Å². The summed E-state index contributed by atoms with van der Waals surface area (Å²) < 4.78 is 2.35. The van der Waals surface area contributed by atoms with E-state index in [1.807, 2.05) is 6.92 Å². The fourth-order valence-electron chi connectivity index (χ4n) is 3.63. The van der Waals surface area contributed by atoms with Crippen LogP contribution in [0.25, 0.3) is 6.08 Å². The number of ketones is 1. The zero-order valence-corrected chi connectivity index (χ0v) is 18.8. The molecule has 0 unspecified atom stereocenters. The Morgan fingerprint density at radius 3 is 2.55 bits per heavy atom. The number of carbonyl (C=O) groups excluding carboxylic acids is 2. The second kappa shape index (κ2) is 8.91. The topological polar surface area (TPSA) is 102 Å². The summed E-state index contributed by atoms with van der Waals surface area (Å²) in [4.78, 5) is 50.5. The molecule has 2 N–H and O–H groups in total. The third kappa shape index (κ3) is 4.25. The van der Waals surface area contributed by atoms with Crippen LogP contribution in [0.4, 0.5) is 11.5 Å². The molecule has 8 nitrogen and oxygen atoms in total. The monoisotopic (exact) mass is 464 g/mol. The average Bonchev–Trinajstić information content (AvgIpc) is 3.11. The van der Waals surface area contributed by atoms with Gasteiger partial charge in [0.2, 0.25) is 5.78 Å². The molecule has 2 aromatic carbocycles. The lowest BCUT2D eigenvalue weighted by Crippen LogP contribution is -2.40. The van der Waals surface area contributed by atoms with Crippen molar-refractivity contribution >= 4 is 40.9 Å². The lowest BCUT2D eigenvalue weighted by Gasteiger charge is -2.11. The quantitative estimate of drug-likeness (QED) is 0.562. The van der Waals surface area contributed by atoms with E-state index in [0.717, 1.165) is 4.57 Å². The molecule has 0 spiro atoms. The Kier molecular flexibility index (Phi) is 6.02. The number of rotatable bonds is 5. The highest BCUT2D eigenvalue weighted by atomic mass is 35.5. The molecule has 33 heavy (non-hydrogen) atoms. The Balaban J connectivity index is 1.64. The van der Waals surface area contributed by atoms with Crippen molar-refractivity contribution in [2.75, 3.05) is 10.6 Å². The van der Waals surface area contributed by atoms with E-state index in [1.165, 1.54) is 11.6 Å². The van der Waals surface area contributed by atoms with E-state index in [9.17, 15) is 19.2 Å². The van der Waals surface area contributed by atoms with Gasteiger partial charge in [0.25, 0.3) is 11.5 Å². The van der Waals surface area contributed by atoms with Gasteiger partial charge in [-0.15, -0.1) is 0 Å². The third-order valence-electron chi connectivity index (χ3n) is 5.28. The van der Waals surface area contributed by atoms with Crippen molar-refractivity contribution in [1.82, 2.24) is 9.13 Å². The van der Waals surface area contributed by atoms with Crippen LogP contribution in [0.2, 0.25) is 5.02 Å². The van der Waals surface area contributed by atoms with Crippen molar-refractivity contribution in [2.45, 2.75) is 19.9 Å². The molecule has 1 aliphatic heterocycles. The number of halogens is 1. The van der Waals surface area contributed by atoms with Gasteiger partial charge in [0.1, 0.15) is 11.4 Å². The number of fused-ring (bicyclic) bond motifs is 1. The van der Waals surface area contributed by atoms with Gasteiger partial charge in [-0.25, -0.2) is 4.79 Å². The average molecular weight is 465 g/mol. The molecule has 0 fully saturated rings. The van der Waals surface area contributed by atoms with Crippen LogP contribution in [0.5, 0.6) is 0 Å². The highest BCUT2D eigenvalue weighted by Crippen LogP contribution is 2.26. The number of allylic oxidation sites excluding steroid dienone is 1. The summed E-state index contributed by atoms with van der Waals surface area (Å²) in [6, 6.07) is 13.4. The van der Waals surface area contributed by atoms with Gasteiger partial charge in [-0.3, -0.25) is 23.5 Å². The van der Waals surface area contributed by atoms with Gasteiger partial charge in [0.15, 0.2) is 0 Å². The van der Waals surface area contributed by atoms with Crippen LogP contribution < -0.4 is 21.9 Å².